The monoisotopic (exact) mass is 296 g/mol. The second-order valence-corrected chi connectivity index (χ2v) is 5.55. The van der Waals surface area contributed by atoms with Crippen LogP contribution in [0, 0.1) is 0 Å². The van der Waals surface area contributed by atoms with E-state index in [1.807, 2.05) is 36.4 Å². The highest BCUT2D eigenvalue weighted by Crippen LogP contribution is 2.04. The lowest BCUT2D eigenvalue weighted by atomic mass is 10.2. The SMILES string of the molecule is CN(CCCCNC(=O)c1ccccc1)Cc1ccccc1. The minimum atomic E-state index is 0.0123. The average molecular weight is 296 g/mol. The number of hydrogen-bond donors (Lipinski definition) is 1. The van der Waals surface area contributed by atoms with Gasteiger partial charge in [-0.15, -0.1) is 0 Å². The van der Waals surface area contributed by atoms with E-state index < -0.39 is 0 Å². The van der Waals surface area contributed by atoms with E-state index in [1.165, 1.54) is 5.56 Å². The molecule has 0 atom stereocenters. The van der Waals surface area contributed by atoms with Crippen LogP contribution in [0.5, 0.6) is 0 Å². The number of unbranched alkanes of at least 4 members (excludes halogenated alkanes) is 1. The fraction of sp³-hybridized carbons (Fsp3) is 0.316. The highest BCUT2D eigenvalue weighted by molar-refractivity contribution is 5.94. The predicted octanol–water partition coefficient (Wildman–Crippen LogP) is 3.33. The maximum Gasteiger partial charge on any atom is 0.251 e. The fourth-order valence-electron chi connectivity index (χ4n) is 2.37. The second-order valence-electron chi connectivity index (χ2n) is 5.55. The van der Waals surface area contributed by atoms with Crippen LogP contribution in [-0.2, 0) is 6.54 Å². The van der Waals surface area contributed by atoms with Gasteiger partial charge < -0.3 is 10.2 Å². The van der Waals surface area contributed by atoms with Crippen molar-refractivity contribution in [2.75, 3.05) is 20.1 Å². The lowest BCUT2D eigenvalue weighted by Gasteiger charge is -2.16. The first-order chi connectivity index (χ1) is 10.8. The molecule has 0 spiro atoms. The van der Waals surface area contributed by atoms with Gasteiger partial charge in [-0.3, -0.25) is 4.79 Å². The molecule has 0 saturated carbocycles. The molecule has 0 aliphatic heterocycles. The van der Waals surface area contributed by atoms with Crippen molar-refractivity contribution < 1.29 is 4.79 Å². The molecule has 2 aromatic carbocycles. The minimum Gasteiger partial charge on any atom is -0.352 e. The number of amides is 1. The van der Waals surface area contributed by atoms with Crippen LogP contribution in [0.3, 0.4) is 0 Å². The van der Waals surface area contributed by atoms with Gasteiger partial charge in [-0.05, 0) is 44.1 Å². The number of nitrogens with zero attached hydrogens (tertiary/aromatic N) is 1. The highest BCUT2D eigenvalue weighted by atomic mass is 16.1. The van der Waals surface area contributed by atoms with Gasteiger partial charge in [-0.25, -0.2) is 0 Å². The topological polar surface area (TPSA) is 32.3 Å². The molecule has 0 aromatic heterocycles. The van der Waals surface area contributed by atoms with E-state index in [0.717, 1.165) is 38.0 Å². The molecule has 22 heavy (non-hydrogen) atoms. The zero-order chi connectivity index (χ0) is 15.6. The normalized spacial score (nSPS) is 10.6. The van der Waals surface area contributed by atoms with E-state index in [-0.39, 0.29) is 5.91 Å². The van der Waals surface area contributed by atoms with Crippen LogP contribution in [0.4, 0.5) is 0 Å². The molecule has 116 valence electrons. The summed E-state index contributed by atoms with van der Waals surface area (Å²) in [6, 6.07) is 19.8. The molecule has 1 N–H and O–H groups in total. The molecule has 2 rings (SSSR count). The van der Waals surface area contributed by atoms with Crippen molar-refractivity contribution in [3.8, 4) is 0 Å². The van der Waals surface area contributed by atoms with Crippen molar-refractivity contribution in [1.82, 2.24) is 10.2 Å². The molecular weight excluding hydrogens is 272 g/mol. The lowest BCUT2D eigenvalue weighted by Crippen LogP contribution is -2.25. The zero-order valence-corrected chi connectivity index (χ0v) is 13.2. The lowest BCUT2D eigenvalue weighted by molar-refractivity contribution is 0.0952. The standard InChI is InChI=1S/C19H24N2O/c1-21(16-17-10-4-2-5-11-17)15-9-8-14-20-19(22)18-12-6-3-7-13-18/h2-7,10-13H,8-9,14-16H2,1H3,(H,20,22). The van der Waals surface area contributed by atoms with E-state index in [4.69, 9.17) is 0 Å². The Bertz CT molecular complexity index is 554. The molecule has 0 radical (unpaired) electrons. The van der Waals surface area contributed by atoms with Crippen molar-refractivity contribution in [1.29, 1.82) is 0 Å². The molecule has 3 nitrogen and oxygen atoms in total. The van der Waals surface area contributed by atoms with Gasteiger partial charge in [0.1, 0.15) is 0 Å². The Morgan fingerprint density at radius 2 is 1.59 bits per heavy atom. The summed E-state index contributed by atoms with van der Waals surface area (Å²) in [6.45, 7) is 2.74. The number of rotatable bonds is 8. The molecular formula is C19H24N2O. The third-order valence-electron chi connectivity index (χ3n) is 3.58. The van der Waals surface area contributed by atoms with Gasteiger partial charge in [0.05, 0.1) is 0 Å². The summed E-state index contributed by atoms with van der Waals surface area (Å²) < 4.78 is 0. The van der Waals surface area contributed by atoms with Crippen molar-refractivity contribution in [2.24, 2.45) is 0 Å². The van der Waals surface area contributed by atoms with Crippen LogP contribution in [-0.4, -0.2) is 30.9 Å². The van der Waals surface area contributed by atoms with Crippen molar-refractivity contribution in [3.63, 3.8) is 0 Å². The summed E-state index contributed by atoms with van der Waals surface area (Å²) in [5.74, 6) is 0.0123. The Morgan fingerprint density at radius 1 is 0.955 bits per heavy atom. The molecule has 0 bridgehead atoms. The summed E-state index contributed by atoms with van der Waals surface area (Å²) in [5, 5.41) is 2.96. The van der Waals surface area contributed by atoms with Gasteiger partial charge >= 0.3 is 0 Å². The van der Waals surface area contributed by atoms with Crippen LogP contribution in [0.2, 0.25) is 0 Å². The molecule has 0 unspecified atom stereocenters. The quantitative estimate of drug-likeness (QED) is 0.758. The number of benzene rings is 2. The van der Waals surface area contributed by atoms with Crippen molar-refractivity contribution >= 4 is 5.91 Å². The van der Waals surface area contributed by atoms with E-state index in [0.29, 0.717) is 0 Å². The summed E-state index contributed by atoms with van der Waals surface area (Å²) >= 11 is 0. The maximum atomic E-state index is 11.9. The number of nitrogens with one attached hydrogen (secondary N) is 1. The average Bonchev–Trinajstić information content (AvgIpc) is 2.56. The fourth-order valence-corrected chi connectivity index (χ4v) is 2.37. The predicted molar refractivity (Wildman–Crippen MR) is 90.8 cm³/mol. The molecule has 2 aromatic rings. The third-order valence-corrected chi connectivity index (χ3v) is 3.58. The maximum absolute atomic E-state index is 11.9. The van der Waals surface area contributed by atoms with Gasteiger partial charge in [-0.1, -0.05) is 48.5 Å². The van der Waals surface area contributed by atoms with Gasteiger partial charge in [0.25, 0.3) is 5.91 Å². The Kier molecular flexibility index (Phi) is 6.65. The van der Waals surface area contributed by atoms with Crippen LogP contribution in [0.15, 0.2) is 60.7 Å². The Balaban J connectivity index is 1.58. The smallest absolute Gasteiger partial charge is 0.251 e. The van der Waals surface area contributed by atoms with Crippen LogP contribution >= 0.6 is 0 Å². The summed E-state index contributed by atoms with van der Waals surface area (Å²) in [5.41, 5.74) is 2.06. The summed E-state index contributed by atoms with van der Waals surface area (Å²) in [6.07, 6.45) is 2.08. The second kappa shape index (κ2) is 9.00. The molecule has 0 fully saturated rings. The Hall–Kier alpha value is -2.13. The molecule has 0 aliphatic rings. The largest absolute Gasteiger partial charge is 0.352 e. The van der Waals surface area contributed by atoms with Gasteiger partial charge in [-0.2, -0.15) is 0 Å². The molecule has 0 saturated heterocycles. The van der Waals surface area contributed by atoms with Crippen molar-refractivity contribution in [3.05, 3.63) is 71.8 Å². The van der Waals surface area contributed by atoms with Crippen molar-refractivity contribution in [2.45, 2.75) is 19.4 Å². The third kappa shape index (κ3) is 5.70. The number of hydrogen-bond acceptors (Lipinski definition) is 2. The summed E-state index contributed by atoms with van der Waals surface area (Å²) in [4.78, 5) is 14.2. The Morgan fingerprint density at radius 3 is 2.27 bits per heavy atom. The molecule has 3 heteroatoms. The van der Waals surface area contributed by atoms with Crippen LogP contribution < -0.4 is 5.32 Å². The first-order valence-electron chi connectivity index (χ1n) is 7.81. The summed E-state index contributed by atoms with van der Waals surface area (Å²) in [7, 11) is 2.13. The molecule has 1 amide bonds. The minimum absolute atomic E-state index is 0.0123. The first-order valence-corrected chi connectivity index (χ1v) is 7.81. The van der Waals surface area contributed by atoms with Gasteiger partial charge in [0, 0.05) is 18.7 Å². The highest BCUT2D eigenvalue weighted by Gasteiger charge is 2.03. The molecule has 0 heterocycles. The van der Waals surface area contributed by atoms with E-state index in [1.54, 1.807) is 0 Å². The zero-order valence-electron chi connectivity index (χ0n) is 13.2. The van der Waals surface area contributed by atoms with Gasteiger partial charge in [0.15, 0.2) is 0 Å². The Labute approximate surface area is 133 Å². The van der Waals surface area contributed by atoms with E-state index in [2.05, 4.69) is 41.5 Å². The first kappa shape index (κ1) is 16.2. The van der Waals surface area contributed by atoms with Crippen LogP contribution in [0.25, 0.3) is 0 Å². The number of carbonyl (C=O) groups is 1. The number of carbonyl (C=O) groups excluding carboxylic acids is 1. The van der Waals surface area contributed by atoms with E-state index in [9.17, 15) is 4.79 Å². The van der Waals surface area contributed by atoms with E-state index >= 15 is 0 Å². The van der Waals surface area contributed by atoms with Gasteiger partial charge in [0.2, 0.25) is 0 Å². The van der Waals surface area contributed by atoms with Crippen LogP contribution in [0.1, 0.15) is 28.8 Å². The molecule has 0 aliphatic carbocycles.